The maximum Gasteiger partial charge on any atom is 0.320 e. The number of unbranched alkanes of at least 4 members (excludes halogenated alkanes) is 1. The number of urea groups is 2. The number of nitrogens with one attached hydrogen (secondary N) is 2. The van der Waals surface area contributed by atoms with Crippen molar-refractivity contribution in [1.82, 2.24) is 20.4 Å². The van der Waals surface area contributed by atoms with E-state index in [0.717, 1.165) is 51.6 Å². The summed E-state index contributed by atoms with van der Waals surface area (Å²) < 4.78 is 0. The lowest BCUT2D eigenvalue weighted by molar-refractivity contribution is -0.0623. The molecule has 3 aliphatic rings. The number of amides is 4. The van der Waals surface area contributed by atoms with Crippen LogP contribution in [0, 0.1) is 5.41 Å². The van der Waals surface area contributed by atoms with Gasteiger partial charge in [0, 0.05) is 36.1 Å². The third-order valence-electron chi connectivity index (χ3n) is 6.46. The van der Waals surface area contributed by atoms with Crippen molar-refractivity contribution in [2.75, 3.05) is 27.2 Å². The fraction of sp³-hybridized carbons (Fsp3) is 0.889. The van der Waals surface area contributed by atoms with Crippen molar-refractivity contribution in [3.63, 3.8) is 0 Å². The first-order valence-corrected chi connectivity index (χ1v) is 9.43. The first-order valence-electron chi connectivity index (χ1n) is 9.43. The van der Waals surface area contributed by atoms with Gasteiger partial charge in [0.05, 0.1) is 5.54 Å². The van der Waals surface area contributed by atoms with Crippen molar-refractivity contribution in [3.05, 3.63) is 0 Å². The van der Waals surface area contributed by atoms with Crippen LogP contribution in [0.5, 0.6) is 0 Å². The van der Waals surface area contributed by atoms with E-state index in [4.69, 9.17) is 0 Å². The molecule has 0 aromatic carbocycles. The van der Waals surface area contributed by atoms with Gasteiger partial charge in [-0.15, -0.1) is 0 Å². The van der Waals surface area contributed by atoms with Gasteiger partial charge in [-0.2, -0.15) is 0 Å². The number of carbonyl (C=O) groups is 2. The molecule has 2 N–H and O–H groups in total. The summed E-state index contributed by atoms with van der Waals surface area (Å²) >= 11 is 0. The van der Waals surface area contributed by atoms with Crippen LogP contribution in [0.4, 0.5) is 9.59 Å². The summed E-state index contributed by atoms with van der Waals surface area (Å²) in [5.74, 6) is 0. The lowest BCUT2D eigenvalue weighted by atomic mass is 9.51. The van der Waals surface area contributed by atoms with Crippen LogP contribution < -0.4 is 10.6 Å². The van der Waals surface area contributed by atoms with E-state index >= 15 is 0 Å². The molecular weight excluding hydrogens is 304 g/mol. The summed E-state index contributed by atoms with van der Waals surface area (Å²) in [7, 11) is 3.85. The number of carbonyl (C=O) groups excluding carboxylic acids is 2. The number of hydrogen-bond donors (Lipinski definition) is 2. The van der Waals surface area contributed by atoms with Crippen molar-refractivity contribution in [3.8, 4) is 0 Å². The van der Waals surface area contributed by atoms with E-state index in [1.54, 1.807) is 0 Å². The van der Waals surface area contributed by atoms with Gasteiger partial charge >= 0.3 is 12.1 Å². The molecule has 4 amide bonds. The third kappa shape index (κ3) is 3.07. The Morgan fingerprint density at radius 3 is 2.50 bits per heavy atom. The quantitative estimate of drug-likeness (QED) is 0.773. The summed E-state index contributed by atoms with van der Waals surface area (Å²) in [6.07, 6.45) is 8.84. The minimum atomic E-state index is -0.0165. The highest BCUT2D eigenvalue weighted by Crippen LogP contribution is 2.60. The Morgan fingerprint density at radius 1 is 1.29 bits per heavy atom. The fourth-order valence-corrected chi connectivity index (χ4v) is 5.11. The van der Waals surface area contributed by atoms with Gasteiger partial charge in [-0.05, 0) is 50.4 Å². The summed E-state index contributed by atoms with van der Waals surface area (Å²) in [4.78, 5) is 27.8. The Kier molecular flexibility index (Phi) is 4.67. The highest BCUT2D eigenvalue weighted by Gasteiger charge is 2.61. The largest absolute Gasteiger partial charge is 0.338 e. The highest BCUT2D eigenvalue weighted by molar-refractivity contribution is 5.78. The smallest absolute Gasteiger partial charge is 0.320 e. The van der Waals surface area contributed by atoms with Gasteiger partial charge in [0.1, 0.15) is 0 Å². The Labute approximate surface area is 148 Å². The monoisotopic (exact) mass is 340 g/mol. The first kappa shape index (κ1) is 17.4. The second-order valence-corrected chi connectivity index (χ2v) is 8.30. The Bertz CT molecular complexity index is 501. The van der Waals surface area contributed by atoms with Crippen LogP contribution in [0.3, 0.4) is 0 Å². The predicted molar refractivity (Wildman–Crippen MR) is 98.1 cm³/mol. The van der Waals surface area contributed by atoms with Gasteiger partial charge < -0.3 is 20.4 Å². The number of rotatable bonds is 4. The van der Waals surface area contributed by atoms with Crippen LogP contribution in [0.15, 0.2) is 0 Å². The van der Waals surface area contributed by atoms with E-state index in [2.05, 4.69) is 17.6 Å². The van der Waals surface area contributed by atoms with E-state index in [9.17, 15) is 9.59 Å². The van der Waals surface area contributed by atoms with Crippen LogP contribution in [0.2, 0.25) is 0 Å². The molecule has 2 aliphatic carbocycles. The van der Waals surface area contributed by atoms with E-state index in [0.29, 0.717) is 11.5 Å². The molecule has 0 aromatic heterocycles. The molecule has 1 aliphatic heterocycles. The van der Waals surface area contributed by atoms with E-state index < -0.39 is 0 Å². The van der Waals surface area contributed by atoms with Crippen LogP contribution in [-0.2, 0) is 0 Å². The topological polar surface area (TPSA) is 64.7 Å². The van der Waals surface area contributed by atoms with Crippen molar-refractivity contribution < 1.29 is 12.4 Å². The molecule has 0 unspecified atom stereocenters. The fourth-order valence-electron chi connectivity index (χ4n) is 5.11. The summed E-state index contributed by atoms with van der Waals surface area (Å²) in [6.45, 7) is 3.75. The van der Waals surface area contributed by atoms with Crippen LogP contribution >= 0.6 is 0 Å². The molecule has 3 rings (SSSR count). The molecule has 2 saturated carbocycles. The van der Waals surface area contributed by atoms with Crippen molar-refractivity contribution in [2.45, 2.75) is 69.9 Å². The van der Waals surface area contributed by atoms with Gasteiger partial charge in [-0.1, -0.05) is 13.3 Å². The summed E-state index contributed by atoms with van der Waals surface area (Å²) in [6, 6.07) is 0.445. The molecule has 6 nitrogen and oxygen atoms in total. The van der Waals surface area contributed by atoms with Crippen molar-refractivity contribution >= 4 is 12.1 Å². The van der Waals surface area contributed by atoms with Crippen LogP contribution in [0.1, 0.15) is 61.1 Å². The molecule has 140 valence electrons. The molecule has 0 aromatic rings. The zero-order chi connectivity index (χ0) is 17.4. The standard InChI is InChI=1S/C18H32N4O2.2H2/c1-4-5-10-19-15(23)20-14-6-8-17(9-7-14)11-18(12-17)13-21(2)16(24)22(18)3;;/h14H,4-13H2,1-3H3,(H2,19,20,23);2*1H. The van der Waals surface area contributed by atoms with Gasteiger partial charge in [0.25, 0.3) is 0 Å². The Hall–Kier alpha value is -1.46. The number of hydrogen-bond acceptors (Lipinski definition) is 2. The zero-order valence-electron chi connectivity index (χ0n) is 15.4. The van der Waals surface area contributed by atoms with Gasteiger partial charge in [-0.25, -0.2) is 9.59 Å². The zero-order valence-corrected chi connectivity index (χ0v) is 15.4. The second-order valence-electron chi connectivity index (χ2n) is 8.30. The number of likely N-dealkylation sites (N-methyl/N-ethyl adjacent to an activating group) is 2. The van der Waals surface area contributed by atoms with Crippen molar-refractivity contribution in [1.29, 1.82) is 0 Å². The lowest BCUT2D eigenvalue weighted by Crippen LogP contribution is -2.61. The van der Waals surface area contributed by atoms with E-state index in [-0.39, 0.29) is 20.5 Å². The van der Waals surface area contributed by atoms with E-state index in [1.807, 2.05) is 23.9 Å². The maximum atomic E-state index is 12.1. The summed E-state index contributed by atoms with van der Waals surface area (Å²) in [5.41, 5.74) is 0.472. The lowest BCUT2D eigenvalue weighted by Gasteiger charge is -2.59. The minimum Gasteiger partial charge on any atom is -0.338 e. The van der Waals surface area contributed by atoms with Crippen LogP contribution in [-0.4, -0.2) is 60.6 Å². The molecule has 24 heavy (non-hydrogen) atoms. The maximum absolute atomic E-state index is 12.1. The minimum absolute atomic E-state index is 0. The van der Waals surface area contributed by atoms with E-state index in [1.165, 1.54) is 12.8 Å². The van der Waals surface area contributed by atoms with Crippen molar-refractivity contribution in [2.24, 2.45) is 5.41 Å². The Morgan fingerprint density at radius 2 is 1.96 bits per heavy atom. The second kappa shape index (κ2) is 6.45. The molecule has 0 bridgehead atoms. The average Bonchev–Trinajstić information content (AvgIpc) is 2.74. The third-order valence-corrected chi connectivity index (χ3v) is 6.46. The molecular formula is C18H36N4O2. The Balaban J connectivity index is 0.00000169. The number of nitrogens with zero attached hydrogens (tertiary/aromatic N) is 2. The summed E-state index contributed by atoms with van der Waals surface area (Å²) in [5, 5.41) is 6.06. The normalized spacial score (nSPS) is 35.5. The molecule has 1 saturated heterocycles. The highest BCUT2D eigenvalue weighted by atomic mass is 16.2. The molecule has 2 spiro atoms. The molecule has 0 atom stereocenters. The molecule has 6 heteroatoms. The average molecular weight is 341 g/mol. The predicted octanol–water partition coefficient (Wildman–Crippen LogP) is 3.04. The van der Waals surface area contributed by atoms with Gasteiger partial charge in [0.15, 0.2) is 0 Å². The molecule has 0 radical (unpaired) electrons. The first-order chi connectivity index (χ1) is 11.4. The molecule has 3 fully saturated rings. The van der Waals surface area contributed by atoms with Gasteiger partial charge in [0.2, 0.25) is 0 Å². The SMILES string of the molecule is CCCCNC(=O)NC1CCC2(CC1)CC1(CN(C)C(=O)N1C)C2.[HH].[HH]. The van der Waals surface area contributed by atoms with Crippen LogP contribution in [0.25, 0.3) is 0 Å². The molecule has 1 heterocycles. The van der Waals surface area contributed by atoms with Gasteiger partial charge in [-0.3, -0.25) is 0 Å².